The van der Waals surface area contributed by atoms with Crippen molar-refractivity contribution in [3.63, 3.8) is 0 Å². The van der Waals surface area contributed by atoms with E-state index in [-0.39, 0.29) is 5.56 Å². The minimum Gasteiger partial charge on any atom is -0.479 e. The molecule has 102 valence electrons. The van der Waals surface area contributed by atoms with Gasteiger partial charge in [-0.05, 0) is 6.07 Å². The summed E-state index contributed by atoms with van der Waals surface area (Å²) in [5.41, 5.74) is -1.06. The minimum absolute atomic E-state index is 0.373. The Hall–Kier alpha value is -2.26. The summed E-state index contributed by atoms with van der Waals surface area (Å²) in [6.45, 7) is -0.592. The molecule has 1 heterocycles. The number of halogens is 1. The Morgan fingerprint density at radius 3 is 2.74 bits per heavy atom. The van der Waals surface area contributed by atoms with Crippen LogP contribution < -0.4 is 5.32 Å². The summed E-state index contributed by atoms with van der Waals surface area (Å²) in [6.07, 6.45) is -0.710. The molecule has 10 heteroatoms. The average molecular weight is 290 g/mol. The topological polar surface area (TPSA) is 143 Å². The largest absolute Gasteiger partial charge is 0.479 e. The predicted octanol–water partition coefficient (Wildman–Crippen LogP) is -0.182. The van der Waals surface area contributed by atoms with E-state index in [4.69, 9.17) is 21.8 Å². The second-order valence-electron chi connectivity index (χ2n) is 3.32. The first-order valence-electron chi connectivity index (χ1n) is 4.82. The van der Waals surface area contributed by atoms with E-state index in [9.17, 15) is 19.7 Å². The van der Waals surface area contributed by atoms with Crippen molar-refractivity contribution in [1.29, 1.82) is 0 Å². The SMILES string of the molecule is O=C(NCC(O)C(=O)O)c1ccnc(Cl)c1[N+](=O)[O-]. The lowest BCUT2D eigenvalue weighted by atomic mass is 10.2. The summed E-state index contributed by atoms with van der Waals surface area (Å²) in [6, 6.07) is 1.06. The number of aliphatic hydroxyl groups is 1. The van der Waals surface area contributed by atoms with Gasteiger partial charge in [0.2, 0.25) is 5.15 Å². The summed E-state index contributed by atoms with van der Waals surface area (Å²) in [4.78, 5) is 35.3. The van der Waals surface area contributed by atoms with E-state index < -0.39 is 40.3 Å². The molecule has 0 spiro atoms. The lowest BCUT2D eigenvalue weighted by Crippen LogP contribution is -2.36. The van der Waals surface area contributed by atoms with Crippen LogP contribution in [0.3, 0.4) is 0 Å². The van der Waals surface area contributed by atoms with Gasteiger partial charge in [-0.15, -0.1) is 0 Å². The first kappa shape index (κ1) is 14.8. The molecular weight excluding hydrogens is 282 g/mol. The maximum atomic E-state index is 11.6. The number of carbonyl (C=O) groups is 2. The standard InChI is InChI=1S/C9H8ClN3O6/c10-7-6(13(18)19)4(1-2-11-7)8(15)12-3-5(14)9(16)17/h1-2,5,14H,3H2,(H,12,15)(H,16,17). The van der Waals surface area contributed by atoms with Gasteiger partial charge in [-0.2, -0.15) is 0 Å². The van der Waals surface area contributed by atoms with Crippen LogP contribution in [0.4, 0.5) is 5.69 Å². The first-order valence-corrected chi connectivity index (χ1v) is 5.20. The summed E-state index contributed by atoms with van der Waals surface area (Å²) >= 11 is 5.51. The van der Waals surface area contributed by atoms with E-state index >= 15 is 0 Å². The smallest absolute Gasteiger partial charge is 0.334 e. The molecule has 0 saturated heterocycles. The van der Waals surface area contributed by atoms with Crippen molar-refractivity contribution in [3.8, 4) is 0 Å². The molecule has 0 radical (unpaired) electrons. The van der Waals surface area contributed by atoms with Gasteiger partial charge in [0, 0.05) is 6.20 Å². The van der Waals surface area contributed by atoms with Crippen LogP contribution in [0.2, 0.25) is 5.15 Å². The number of carbonyl (C=O) groups excluding carboxylic acids is 1. The molecule has 0 bridgehead atoms. The highest BCUT2D eigenvalue weighted by molar-refractivity contribution is 6.32. The third-order valence-electron chi connectivity index (χ3n) is 2.05. The molecule has 9 nitrogen and oxygen atoms in total. The molecular formula is C9H8ClN3O6. The minimum atomic E-state index is -1.81. The normalized spacial score (nSPS) is 11.7. The van der Waals surface area contributed by atoms with E-state index in [0.717, 1.165) is 12.3 Å². The molecule has 1 unspecified atom stereocenters. The molecule has 1 aromatic rings. The third kappa shape index (κ3) is 3.60. The van der Waals surface area contributed by atoms with E-state index in [1.165, 1.54) is 0 Å². The maximum absolute atomic E-state index is 11.6. The number of pyridine rings is 1. The van der Waals surface area contributed by atoms with Gasteiger partial charge in [-0.3, -0.25) is 14.9 Å². The van der Waals surface area contributed by atoms with Crippen molar-refractivity contribution in [2.75, 3.05) is 6.54 Å². The molecule has 0 aliphatic rings. The fourth-order valence-corrected chi connectivity index (χ4v) is 1.38. The Bertz CT molecular complexity index is 535. The third-order valence-corrected chi connectivity index (χ3v) is 2.32. The van der Waals surface area contributed by atoms with Crippen LogP contribution in [-0.2, 0) is 4.79 Å². The first-order chi connectivity index (χ1) is 8.84. The fraction of sp³-hybridized carbons (Fsp3) is 0.222. The van der Waals surface area contributed by atoms with E-state index in [1.807, 2.05) is 5.32 Å². The Kier molecular flexibility index (Phi) is 4.73. The van der Waals surface area contributed by atoms with Gasteiger partial charge in [0.05, 0.1) is 11.5 Å². The van der Waals surface area contributed by atoms with Crippen molar-refractivity contribution in [1.82, 2.24) is 10.3 Å². The van der Waals surface area contributed by atoms with Crippen LogP contribution in [0.25, 0.3) is 0 Å². The van der Waals surface area contributed by atoms with Crippen molar-refractivity contribution in [2.45, 2.75) is 6.10 Å². The molecule has 3 N–H and O–H groups in total. The van der Waals surface area contributed by atoms with E-state index in [2.05, 4.69) is 4.98 Å². The lowest BCUT2D eigenvalue weighted by Gasteiger charge is -2.08. The van der Waals surface area contributed by atoms with Gasteiger partial charge in [-0.1, -0.05) is 11.6 Å². The van der Waals surface area contributed by atoms with Crippen LogP contribution in [0.5, 0.6) is 0 Å². The van der Waals surface area contributed by atoms with Crippen molar-refractivity contribution in [3.05, 3.63) is 33.1 Å². The van der Waals surface area contributed by atoms with Gasteiger partial charge < -0.3 is 15.5 Å². The van der Waals surface area contributed by atoms with Gasteiger partial charge >= 0.3 is 11.7 Å². The number of nitrogens with one attached hydrogen (secondary N) is 1. The molecule has 0 saturated carbocycles. The Morgan fingerprint density at radius 1 is 1.58 bits per heavy atom. The molecule has 0 aliphatic carbocycles. The van der Waals surface area contributed by atoms with Gasteiger partial charge in [0.15, 0.2) is 6.10 Å². The zero-order chi connectivity index (χ0) is 14.6. The molecule has 1 atom stereocenters. The number of carboxylic acids is 1. The van der Waals surface area contributed by atoms with Crippen LogP contribution in [0.1, 0.15) is 10.4 Å². The number of hydrogen-bond donors (Lipinski definition) is 3. The van der Waals surface area contributed by atoms with Gasteiger partial charge in [0.1, 0.15) is 5.56 Å². The predicted molar refractivity (Wildman–Crippen MR) is 61.9 cm³/mol. The van der Waals surface area contributed by atoms with Crippen LogP contribution in [0.15, 0.2) is 12.3 Å². The highest BCUT2D eigenvalue weighted by atomic mass is 35.5. The van der Waals surface area contributed by atoms with E-state index in [0.29, 0.717) is 0 Å². The number of amides is 1. The average Bonchev–Trinajstić information content (AvgIpc) is 2.34. The monoisotopic (exact) mass is 289 g/mol. The second kappa shape index (κ2) is 6.07. The number of rotatable bonds is 5. The second-order valence-corrected chi connectivity index (χ2v) is 3.68. The Balaban J connectivity index is 2.92. The number of aliphatic carboxylic acids is 1. The molecule has 0 fully saturated rings. The fourth-order valence-electron chi connectivity index (χ4n) is 1.16. The van der Waals surface area contributed by atoms with E-state index in [1.54, 1.807) is 0 Å². The Morgan fingerprint density at radius 2 is 2.21 bits per heavy atom. The summed E-state index contributed by atoms with van der Waals surface area (Å²) in [7, 11) is 0. The summed E-state index contributed by atoms with van der Waals surface area (Å²) in [5, 5.41) is 29.7. The molecule has 1 amide bonds. The molecule has 1 rings (SSSR count). The van der Waals surface area contributed by atoms with Crippen molar-refractivity contribution >= 4 is 29.2 Å². The number of nitrogens with zero attached hydrogens (tertiary/aromatic N) is 2. The zero-order valence-electron chi connectivity index (χ0n) is 9.24. The molecule has 19 heavy (non-hydrogen) atoms. The molecule has 1 aromatic heterocycles. The van der Waals surface area contributed by atoms with Crippen molar-refractivity contribution in [2.24, 2.45) is 0 Å². The number of nitro groups is 1. The van der Waals surface area contributed by atoms with Crippen LogP contribution in [-0.4, -0.2) is 44.6 Å². The highest BCUT2D eigenvalue weighted by Gasteiger charge is 2.25. The number of aliphatic hydroxyl groups excluding tert-OH is 1. The number of carboxylic acid groups (broad SMARTS) is 1. The van der Waals surface area contributed by atoms with Gasteiger partial charge in [-0.25, -0.2) is 9.78 Å². The van der Waals surface area contributed by atoms with Crippen molar-refractivity contribution < 1.29 is 24.7 Å². The lowest BCUT2D eigenvalue weighted by molar-refractivity contribution is -0.385. The number of aromatic nitrogens is 1. The molecule has 0 aromatic carbocycles. The Labute approximate surface area is 111 Å². The van der Waals surface area contributed by atoms with Crippen LogP contribution >= 0.6 is 11.6 Å². The summed E-state index contributed by atoms with van der Waals surface area (Å²) in [5.74, 6) is -2.46. The highest BCUT2D eigenvalue weighted by Crippen LogP contribution is 2.25. The zero-order valence-corrected chi connectivity index (χ0v) is 9.99. The van der Waals surface area contributed by atoms with Gasteiger partial charge in [0.25, 0.3) is 5.91 Å². The quantitative estimate of drug-likeness (QED) is 0.387. The van der Waals surface area contributed by atoms with Crippen LogP contribution in [0, 0.1) is 10.1 Å². The maximum Gasteiger partial charge on any atom is 0.334 e. The number of hydrogen-bond acceptors (Lipinski definition) is 6. The summed E-state index contributed by atoms with van der Waals surface area (Å²) < 4.78 is 0. The molecule has 0 aliphatic heterocycles.